The molecule has 1 aliphatic heterocycles. The molecule has 1 aromatic carbocycles. The maximum Gasteiger partial charge on any atom is 0.573 e. The van der Waals surface area contributed by atoms with E-state index < -0.39 is 11.9 Å². The zero-order valence-corrected chi connectivity index (χ0v) is 9.27. The van der Waals surface area contributed by atoms with Crippen LogP contribution in [0.3, 0.4) is 0 Å². The number of halogens is 3. The van der Waals surface area contributed by atoms with Gasteiger partial charge in [-0.25, -0.2) is 0 Å². The van der Waals surface area contributed by atoms with Crippen LogP contribution in [0.25, 0.3) is 0 Å². The summed E-state index contributed by atoms with van der Waals surface area (Å²) >= 11 is 0. The lowest BCUT2D eigenvalue weighted by molar-refractivity contribution is -0.274. The number of hydrogen-bond acceptors (Lipinski definition) is 3. The summed E-state index contributed by atoms with van der Waals surface area (Å²) < 4.78 is 39.9. The fourth-order valence-electron chi connectivity index (χ4n) is 1.98. The van der Waals surface area contributed by atoms with Gasteiger partial charge in [0, 0.05) is 13.1 Å². The molecule has 0 spiro atoms. The van der Waals surface area contributed by atoms with Gasteiger partial charge < -0.3 is 15.8 Å². The van der Waals surface area contributed by atoms with Gasteiger partial charge in [-0.3, -0.25) is 0 Å². The standard InChI is InChI=1S/C11H13F3N2O/c1-7-4-8(17-11(12,13)14)2-3-9(7)10(15)5-16-6-10/h2-4,16H,5-6,15H2,1H3. The number of nitrogens with one attached hydrogen (secondary N) is 1. The van der Waals surface area contributed by atoms with Crippen LogP contribution in [0.4, 0.5) is 13.2 Å². The van der Waals surface area contributed by atoms with E-state index >= 15 is 0 Å². The van der Waals surface area contributed by atoms with E-state index in [1.807, 2.05) is 0 Å². The third kappa shape index (κ3) is 2.53. The number of hydrogen-bond donors (Lipinski definition) is 2. The van der Waals surface area contributed by atoms with Gasteiger partial charge in [-0.2, -0.15) is 0 Å². The maximum absolute atomic E-state index is 12.0. The molecule has 2 rings (SSSR count). The molecule has 94 valence electrons. The Bertz CT molecular complexity index is 427. The number of ether oxygens (including phenoxy) is 1. The van der Waals surface area contributed by atoms with Gasteiger partial charge in [-0.15, -0.1) is 13.2 Å². The monoisotopic (exact) mass is 246 g/mol. The smallest absolute Gasteiger partial charge is 0.406 e. The van der Waals surface area contributed by atoms with Crippen LogP contribution in [-0.2, 0) is 5.54 Å². The largest absolute Gasteiger partial charge is 0.573 e. The van der Waals surface area contributed by atoms with Crippen LogP contribution < -0.4 is 15.8 Å². The summed E-state index contributed by atoms with van der Waals surface area (Å²) in [6, 6.07) is 4.25. The maximum atomic E-state index is 12.0. The van der Waals surface area contributed by atoms with E-state index in [1.165, 1.54) is 12.1 Å². The highest BCUT2D eigenvalue weighted by Gasteiger charge is 2.36. The molecule has 0 atom stereocenters. The average molecular weight is 246 g/mol. The minimum Gasteiger partial charge on any atom is -0.406 e. The van der Waals surface area contributed by atoms with Crippen molar-refractivity contribution in [3.63, 3.8) is 0 Å². The summed E-state index contributed by atoms with van der Waals surface area (Å²) in [5.41, 5.74) is 7.16. The van der Waals surface area contributed by atoms with Crippen molar-refractivity contribution < 1.29 is 17.9 Å². The molecule has 0 saturated carbocycles. The van der Waals surface area contributed by atoms with Crippen LogP contribution in [0.15, 0.2) is 18.2 Å². The van der Waals surface area contributed by atoms with Crippen molar-refractivity contribution in [2.45, 2.75) is 18.8 Å². The van der Waals surface area contributed by atoms with Crippen LogP contribution in [-0.4, -0.2) is 19.5 Å². The molecular weight excluding hydrogens is 233 g/mol. The van der Waals surface area contributed by atoms with Gasteiger partial charge in [-0.05, 0) is 30.2 Å². The molecule has 1 fully saturated rings. The van der Waals surface area contributed by atoms with Crippen molar-refractivity contribution in [2.75, 3.05) is 13.1 Å². The van der Waals surface area contributed by atoms with E-state index in [2.05, 4.69) is 10.1 Å². The lowest BCUT2D eigenvalue weighted by atomic mass is 9.83. The fraction of sp³-hybridized carbons (Fsp3) is 0.455. The van der Waals surface area contributed by atoms with Crippen molar-refractivity contribution in [1.29, 1.82) is 0 Å². The van der Waals surface area contributed by atoms with Gasteiger partial charge in [-0.1, -0.05) is 6.07 Å². The highest BCUT2D eigenvalue weighted by molar-refractivity contribution is 5.40. The van der Waals surface area contributed by atoms with Crippen molar-refractivity contribution in [1.82, 2.24) is 5.32 Å². The van der Waals surface area contributed by atoms with Gasteiger partial charge in [0.25, 0.3) is 0 Å². The first kappa shape index (κ1) is 12.2. The molecule has 1 aromatic rings. The summed E-state index contributed by atoms with van der Waals surface area (Å²) in [6.45, 7) is 2.99. The minimum absolute atomic E-state index is 0.213. The molecule has 0 unspecified atom stereocenters. The second-order valence-corrected chi connectivity index (χ2v) is 4.28. The van der Waals surface area contributed by atoms with E-state index in [4.69, 9.17) is 5.73 Å². The molecule has 17 heavy (non-hydrogen) atoms. The van der Waals surface area contributed by atoms with Gasteiger partial charge >= 0.3 is 6.36 Å². The SMILES string of the molecule is Cc1cc(OC(F)(F)F)ccc1C1(N)CNC1. The summed E-state index contributed by atoms with van der Waals surface area (Å²) in [7, 11) is 0. The topological polar surface area (TPSA) is 47.3 Å². The molecule has 1 heterocycles. The molecule has 0 bridgehead atoms. The third-order valence-corrected chi connectivity index (χ3v) is 2.85. The Morgan fingerprint density at radius 2 is 2.00 bits per heavy atom. The van der Waals surface area contributed by atoms with Crippen LogP contribution in [0.5, 0.6) is 5.75 Å². The Morgan fingerprint density at radius 3 is 2.41 bits per heavy atom. The van der Waals surface area contributed by atoms with E-state index in [9.17, 15) is 13.2 Å². The predicted molar refractivity (Wildman–Crippen MR) is 56.6 cm³/mol. The summed E-state index contributed by atoms with van der Waals surface area (Å²) in [5.74, 6) is -0.213. The Balaban J connectivity index is 2.23. The molecule has 1 aliphatic rings. The normalized spacial score (nSPS) is 18.6. The number of benzene rings is 1. The number of alkyl halides is 3. The summed E-state index contributed by atoms with van der Waals surface area (Å²) in [6.07, 6.45) is -4.66. The van der Waals surface area contributed by atoms with Crippen LogP contribution in [0.2, 0.25) is 0 Å². The van der Waals surface area contributed by atoms with Crippen molar-refractivity contribution >= 4 is 0 Å². The van der Waals surface area contributed by atoms with Crippen LogP contribution in [0.1, 0.15) is 11.1 Å². The van der Waals surface area contributed by atoms with E-state index in [0.717, 1.165) is 5.56 Å². The van der Waals surface area contributed by atoms with Gasteiger partial charge in [0.1, 0.15) is 5.75 Å². The molecule has 0 amide bonds. The Kier molecular flexibility index (Phi) is 2.79. The van der Waals surface area contributed by atoms with Crippen molar-refractivity contribution in [2.24, 2.45) is 5.73 Å². The molecule has 0 aromatic heterocycles. The van der Waals surface area contributed by atoms with Gasteiger partial charge in [0.05, 0.1) is 5.54 Å². The molecule has 6 heteroatoms. The zero-order valence-electron chi connectivity index (χ0n) is 9.27. The number of nitrogens with two attached hydrogens (primary N) is 1. The Hall–Kier alpha value is -1.27. The van der Waals surface area contributed by atoms with Crippen LogP contribution in [0, 0.1) is 6.92 Å². The van der Waals surface area contributed by atoms with Crippen molar-refractivity contribution in [3.8, 4) is 5.75 Å². The third-order valence-electron chi connectivity index (χ3n) is 2.85. The zero-order chi connectivity index (χ0) is 12.7. The summed E-state index contributed by atoms with van der Waals surface area (Å²) in [5, 5.41) is 3.04. The second-order valence-electron chi connectivity index (χ2n) is 4.28. The minimum atomic E-state index is -4.66. The number of rotatable bonds is 2. The van der Waals surface area contributed by atoms with E-state index in [0.29, 0.717) is 18.7 Å². The van der Waals surface area contributed by atoms with E-state index in [-0.39, 0.29) is 5.75 Å². The van der Waals surface area contributed by atoms with Crippen LogP contribution >= 0.6 is 0 Å². The van der Waals surface area contributed by atoms with Gasteiger partial charge in [0.2, 0.25) is 0 Å². The molecule has 0 radical (unpaired) electrons. The first-order valence-corrected chi connectivity index (χ1v) is 5.17. The molecule has 3 nitrogen and oxygen atoms in total. The van der Waals surface area contributed by atoms with Crippen molar-refractivity contribution in [3.05, 3.63) is 29.3 Å². The molecule has 1 saturated heterocycles. The molecule has 3 N–H and O–H groups in total. The lowest BCUT2D eigenvalue weighted by Crippen LogP contribution is -2.63. The molecular formula is C11H13F3N2O. The Morgan fingerprint density at radius 1 is 1.35 bits per heavy atom. The van der Waals surface area contributed by atoms with Gasteiger partial charge in [0.15, 0.2) is 0 Å². The second kappa shape index (κ2) is 3.89. The quantitative estimate of drug-likeness (QED) is 0.834. The lowest BCUT2D eigenvalue weighted by Gasteiger charge is -2.40. The average Bonchev–Trinajstić information content (AvgIpc) is 2.12. The van der Waals surface area contributed by atoms with E-state index in [1.54, 1.807) is 13.0 Å². The fourth-order valence-corrected chi connectivity index (χ4v) is 1.98. The molecule has 0 aliphatic carbocycles. The Labute approximate surface area is 96.8 Å². The highest BCUT2D eigenvalue weighted by atomic mass is 19.4. The first-order valence-electron chi connectivity index (χ1n) is 5.17. The number of aryl methyl sites for hydroxylation is 1. The first-order chi connectivity index (χ1) is 7.80. The predicted octanol–water partition coefficient (Wildman–Crippen LogP) is 1.65. The highest BCUT2D eigenvalue weighted by Crippen LogP contribution is 2.30. The summed E-state index contributed by atoms with van der Waals surface area (Å²) in [4.78, 5) is 0.